The van der Waals surface area contributed by atoms with E-state index in [1.54, 1.807) is 6.20 Å². The molecule has 9 heteroatoms. The van der Waals surface area contributed by atoms with Crippen molar-refractivity contribution >= 4 is 17.5 Å². The topological polar surface area (TPSA) is 150 Å². The fraction of sp³-hybridized carbons (Fsp3) is 0.857. The van der Waals surface area contributed by atoms with Gasteiger partial charge in [0.25, 0.3) is 0 Å². The number of nitrogens with one attached hydrogen (secondary N) is 1. The Morgan fingerprint density at radius 2 is 0.941 bits per heavy atom. The Bertz CT molecular complexity index is 922. The molecule has 0 spiro atoms. The van der Waals surface area contributed by atoms with Crippen molar-refractivity contribution in [3.8, 4) is 0 Å². The second-order valence-corrected chi connectivity index (χ2v) is 14.9. The van der Waals surface area contributed by atoms with Crippen LogP contribution in [0.2, 0.25) is 0 Å². The standard InChI is InChI=1S/C42H78N4O5/c1-3-5-7-9-11-13-15-17-19-21-23-25-27-29-40(49)38(33-47)46(42(51)37(43)31-36-32-44-35-45-36)39(34-48)41(50)30-28-26-24-22-20-18-16-14-12-10-8-6-4-2/h32,35,37-39,47-48H,3-31,33-34,43H2,1-2H3,(H,44,45)/t37-,38?,39?/m0/s1. The maximum Gasteiger partial charge on any atom is 0.241 e. The van der Waals surface area contributed by atoms with Crippen LogP contribution in [0.5, 0.6) is 0 Å². The van der Waals surface area contributed by atoms with Crippen LogP contribution >= 0.6 is 0 Å². The normalized spacial score (nSPS) is 13.3. The van der Waals surface area contributed by atoms with E-state index >= 15 is 0 Å². The van der Waals surface area contributed by atoms with Crippen molar-refractivity contribution in [1.82, 2.24) is 14.9 Å². The first-order valence-electron chi connectivity index (χ1n) is 21.2. The summed E-state index contributed by atoms with van der Waals surface area (Å²) in [4.78, 5) is 48.8. The first-order valence-corrected chi connectivity index (χ1v) is 21.2. The van der Waals surface area contributed by atoms with Crippen molar-refractivity contribution < 1.29 is 24.6 Å². The number of hydrogen-bond acceptors (Lipinski definition) is 7. The van der Waals surface area contributed by atoms with E-state index in [1.165, 1.54) is 122 Å². The number of rotatable bonds is 37. The molecule has 1 amide bonds. The quantitative estimate of drug-likeness (QED) is 0.0502. The molecule has 3 atom stereocenters. The van der Waals surface area contributed by atoms with Gasteiger partial charge < -0.3 is 25.8 Å². The first kappa shape index (κ1) is 46.9. The van der Waals surface area contributed by atoms with Gasteiger partial charge >= 0.3 is 0 Å². The highest BCUT2D eigenvalue weighted by atomic mass is 16.3. The highest BCUT2D eigenvalue weighted by molar-refractivity contribution is 5.95. The van der Waals surface area contributed by atoms with Crippen molar-refractivity contribution in [2.75, 3.05) is 13.2 Å². The monoisotopic (exact) mass is 719 g/mol. The van der Waals surface area contributed by atoms with Gasteiger partial charge in [-0.25, -0.2) is 4.98 Å². The number of hydrogen-bond donors (Lipinski definition) is 4. The van der Waals surface area contributed by atoms with Crippen molar-refractivity contribution in [3.05, 3.63) is 18.2 Å². The van der Waals surface area contributed by atoms with Gasteiger partial charge in [-0.1, -0.05) is 168 Å². The van der Waals surface area contributed by atoms with Gasteiger partial charge in [-0.15, -0.1) is 0 Å². The number of H-pyrrole nitrogens is 1. The lowest BCUT2D eigenvalue weighted by molar-refractivity contribution is -0.150. The van der Waals surface area contributed by atoms with E-state index in [-0.39, 0.29) is 30.8 Å². The molecule has 0 saturated carbocycles. The third kappa shape index (κ3) is 22.5. The van der Waals surface area contributed by atoms with Gasteiger partial charge in [0.2, 0.25) is 5.91 Å². The Kier molecular flexibility index (Phi) is 29.9. The minimum Gasteiger partial charge on any atom is -0.394 e. The number of aromatic amines is 1. The molecule has 0 aliphatic rings. The molecule has 1 aromatic heterocycles. The minimum absolute atomic E-state index is 0.131. The summed E-state index contributed by atoms with van der Waals surface area (Å²) in [5, 5.41) is 20.8. The van der Waals surface area contributed by atoms with Crippen LogP contribution in [-0.4, -0.2) is 73.9 Å². The summed E-state index contributed by atoms with van der Waals surface area (Å²) in [5.74, 6) is -1.22. The lowest BCUT2D eigenvalue weighted by atomic mass is 9.97. The largest absolute Gasteiger partial charge is 0.394 e. The van der Waals surface area contributed by atoms with Gasteiger partial charge in [0, 0.05) is 31.2 Å². The van der Waals surface area contributed by atoms with Crippen LogP contribution in [0.25, 0.3) is 0 Å². The highest BCUT2D eigenvalue weighted by Crippen LogP contribution is 2.19. The molecule has 5 N–H and O–H groups in total. The molecule has 0 radical (unpaired) electrons. The van der Waals surface area contributed by atoms with E-state index in [0.29, 0.717) is 18.5 Å². The smallest absolute Gasteiger partial charge is 0.241 e. The van der Waals surface area contributed by atoms with Gasteiger partial charge in [0.1, 0.15) is 12.1 Å². The van der Waals surface area contributed by atoms with Crippen LogP contribution in [0.3, 0.4) is 0 Å². The third-order valence-electron chi connectivity index (χ3n) is 10.4. The zero-order valence-corrected chi connectivity index (χ0v) is 32.9. The summed E-state index contributed by atoms with van der Waals surface area (Å²) >= 11 is 0. The minimum atomic E-state index is -1.23. The molecule has 0 bridgehead atoms. The second-order valence-electron chi connectivity index (χ2n) is 14.9. The molecular formula is C42H78N4O5. The number of aromatic nitrogens is 2. The number of nitrogens with two attached hydrogens (primary N) is 1. The average Bonchev–Trinajstić information content (AvgIpc) is 3.64. The van der Waals surface area contributed by atoms with E-state index in [0.717, 1.165) is 43.4 Å². The molecular weight excluding hydrogens is 640 g/mol. The lowest BCUT2D eigenvalue weighted by Gasteiger charge is -2.36. The summed E-state index contributed by atoms with van der Waals surface area (Å²) in [6, 6.07) is -3.52. The van der Waals surface area contributed by atoms with E-state index in [9.17, 15) is 24.6 Å². The second kappa shape index (κ2) is 32.5. The summed E-state index contributed by atoms with van der Waals surface area (Å²) in [6.07, 6.45) is 34.6. The summed E-state index contributed by atoms with van der Waals surface area (Å²) in [6.45, 7) is 3.24. The van der Waals surface area contributed by atoms with Crippen LogP contribution in [0.1, 0.15) is 199 Å². The van der Waals surface area contributed by atoms with Gasteiger partial charge in [-0.05, 0) is 12.8 Å². The zero-order valence-electron chi connectivity index (χ0n) is 32.9. The van der Waals surface area contributed by atoms with Crippen LogP contribution in [0, 0.1) is 0 Å². The van der Waals surface area contributed by atoms with Crippen LogP contribution < -0.4 is 5.73 Å². The molecule has 2 unspecified atom stereocenters. The Morgan fingerprint density at radius 3 is 1.24 bits per heavy atom. The summed E-state index contributed by atoms with van der Waals surface area (Å²) in [5.41, 5.74) is 6.97. The number of unbranched alkanes of at least 4 members (excludes halogenated alkanes) is 24. The van der Waals surface area contributed by atoms with Crippen molar-refractivity contribution in [3.63, 3.8) is 0 Å². The van der Waals surface area contributed by atoms with E-state index in [2.05, 4.69) is 23.8 Å². The van der Waals surface area contributed by atoms with E-state index in [1.807, 2.05) is 0 Å². The number of ketones is 2. The highest BCUT2D eigenvalue weighted by Gasteiger charge is 2.39. The summed E-state index contributed by atoms with van der Waals surface area (Å²) in [7, 11) is 0. The Morgan fingerprint density at radius 1 is 0.608 bits per heavy atom. The van der Waals surface area contributed by atoms with Gasteiger partial charge in [0.05, 0.1) is 25.6 Å². The lowest BCUT2D eigenvalue weighted by Crippen LogP contribution is -2.60. The third-order valence-corrected chi connectivity index (χ3v) is 10.4. The molecule has 1 rings (SSSR count). The zero-order chi connectivity index (χ0) is 37.4. The van der Waals surface area contributed by atoms with Gasteiger partial charge in [-0.2, -0.15) is 0 Å². The van der Waals surface area contributed by atoms with Crippen LogP contribution in [0.4, 0.5) is 0 Å². The average molecular weight is 719 g/mol. The molecule has 0 saturated heterocycles. The van der Waals surface area contributed by atoms with Crippen molar-refractivity contribution in [1.29, 1.82) is 0 Å². The molecule has 1 aromatic rings. The number of aliphatic hydroxyl groups is 2. The molecule has 0 fully saturated rings. The molecule has 0 aliphatic heterocycles. The Balaban J connectivity index is 2.59. The molecule has 0 aromatic carbocycles. The maximum absolute atomic E-state index is 13.8. The Labute approximate surface area is 311 Å². The number of Topliss-reactive ketones (excluding diaryl/α,β-unsaturated/α-hetero) is 2. The van der Waals surface area contributed by atoms with Gasteiger partial charge in [0.15, 0.2) is 11.6 Å². The fourth-order valence-electron chi connectivity index (χ4n) is 7.09. The molecule has 0 aliphatic carbocycles. The van der Waals surface area contributed by atoms with E-state index < -0.39 is 37.2 Å². The maximum atomic E-state index is 13.8. The van der Waals surface area contributed by atoms with Crippen LogP contribution in [-0.2, 0) is 20.8 Å². The Hall–Kier alpha value is -2.10. The molecule has 296 valence electrons. The van der Waals surface area contributed by atoms with Crippen molar-refractivity contribution in [2.45, 2.75) is 218 Å². The molecule has 9 nitrogen and oxygen atoms in total. The number of carbonyl (C=O) groups is 3. The first-order chi connectivity index (χ1) is 24.9. The van der Waals surface area contributed by atoms with E-state index in [4.69, 9.17) is 5.73 Å². The SMILES string of the molecule is CCCCCCCCCCCCCCCC(=O)C(CO)N(C(=O)[C@@H](N)Cc1cnc[nH]1)C(CO)C(=O)CCCCCCCCCCCCCCC. The predicted molar refractivity (Wildman–Crippen MR) is 209 cm³/mol. The number of nitrogens with zero attached hydrogens (tertiary/aromatic N) is 2. The summed E-state index contributed by atoms with van der Waals surface area (Å²) < 4.78 is 0. The number of aliphatic hydroxyl groups excluding tert-OH is 2. The number of imidazole rings is 1. The predicted octanol–water partition coefficient (Wildman–Crippen LogP) is 8.93. The fourth-order valence-corrected chi connectivity index (χ4v) is 7.09. The molecule has 1 heterocycles. The van der Waals surface area contributed by atoms with Crippen molar-refractivity contribution in [2.24, 2.45) is 5.73 Å². The van der Waals surface area contributed by atoms with Gasteiger partial charge in [-0.3, -0.25) is 14.4 Å². The number of carbonyl (C=O) groups excluding carboxylic acids is 3. The number of amides is 1. The van der Waals surface area contributed by atoms with Crippen LogP contribution in [0.15, 0.2) is 12.5 Å². The molecule has 51 heavy (non-hydrogen) atoms.